The van der Waals surface area contributed by atoms with Gasteiger partial charge < -0.3 is 8.98 Å². The Morgan fingerprint density at radius 1 is 1.07 bits per heavy atom. The summed E-state index contributed by atoms with van der Waals surface area (Å²) >= 11 is 0. The Kier molecular flexibility index (Phi) is 3.81. The molecular weight excluding hydrogens is 366 g/mol. The van der Waals surface area contributed by atoms with Gasteiger partial charge >= 0.3 is 5.63 Å². The summed E-state index contributed by atoms with van der Waals surface area (Å²) in [6.45, 7) is 3.88. The van der Waals surface area contributed by atoms with Crippen molar-refractivity contribution in [3.05, 3.63) is 64.3 Å². The van der Waals surface area contributed by atoms with Crippen LogP contribution in [0.4, 0.5) is 5.69 Å². The van der Waals surface area contributed by atoms with E-state index in [9.17, 15) is 13.2 Å². The number of imidazole rings is 1. The van der Waals surface area contributed by atoms with Crippen molar-refractivity contribution in [3.8, 4) is 0 Å². The fraction of sp³-hybridized carbons (Fsp3) is 0.158. The molecule has 0 radical (unpaired) electrons. The minimum atomic E-state index is -3.81. The van der Waals surface area contributed by atoms with Crippen molar-refractivity contribution in [2.24, 2.45) is 7.05 Å². The zero-order chi connectivity index (χ0) is 19.3. The van der Waals surface area contributed by atoms with Gasteiger partial charge in [-0.1, -0.05) is 6.07 Å². The van der Waals surface area contributed by atoms with E-state index in [0.29, 0.717) is 22.2 Å². The second kappa shape index (κ2) is 5.95. The van der Waals surface area contributed by atoms with Gasteiger partial charge in [-0.25, -0.2) is 18.2 Å². The quantitative estimate of drug-likeness (QED) is 0.549. The monoisotopic (exact) mass is 383 g/mol. The van der Waals surface area contributed by atoms with Gasteiger partial charge in [0.15, 0.2) is 5.52 Å². The molecule has 4 rings (SSSR count). The van der Waals surface area contributed by atoms with Crippen molar-refractivity contribution in [1.82, 2.24) is 9.55 Å². The van der Waals surface area contributed by atoms with Crippen molar-refractivity contribution in [1.29, 1.82) is 0 Å². The number of nitrogens with one attached hydrogen (secondary N) is 1. The Bertz CT molecular complexity index is 1370. The first-order valence-corrected chi connectivity index (χ1v) is 9.72. The third-order valence-electron chi connectivity index (χ3n) is 4.61. The lowest BCUT2D eigenvalue weighted by Crippen LogP contribution is -2.13. The Balaban J connectivity index is 1.86. The van der Waals surface area contributed by atoms with Crippen molar-refractivity contribution >= 4 is 37.7 Å². The highest BCUT2D eigenvalue weighted by molar-refractivity contribution is 7.92. The van der Waals surface area contributed by atoms with Crippen molar-refractivity contribution in [2.75, 3.05) is 4.72 Å². The summed E-state index contributed by atoms with van der Waals surface area (Å²) in [5.41, 5.74) is 3.02. The van der Waals surface area contributed by atoms with Crippen LogP contribution in [0.2, 0.25) is 0 Å². The van der Waals surface area contributed by atoms with Gasteiger partial charge in [0.25, 0.3) is 10.0 Å². The predicted molar refractivity (Wildman–Crippen MR) is 103 cm³/mol. The molecule has 0 spiro atoms. The number of hydrogen-bond donors (Lipinski definition) is 1. The molecule has 0 saturated carbocycles. The Morgan fingerprint density at radius 3 is 2.59 bits per heavy atom. The minimum Gasteiger partial charge on any atom is -0.421 e. The van der Waals surface area contributed by atoms with Gasteiger partial charge in [-0.2, -0.15) is 0 Å². The fourth-order valence-corrected chi connectivity index (χ4v) is 4.09. The molecule has 0 aliphatic rings. The van der Waals surface area contributed by atoms with E-state index in [-0.39, 0.29) is 10.4 Å². The number of hydrogen-bond acceptors (Lipinski definition) is 5. The van der Waals surface area contributed by atoms with Crippen LogP contribution in [-0.2, 0) is 17.1 Å². The second-order valence-corrected chi connectivity index (χ2v) is 8.19. The van der Waals surface area contributed by atoms with Gasteiger partial charge in [-0.15, -0.1) is 0 Å². The smallest absolute Gasteiger partial charge is 0.364 e. The highest BCUT2D eigenvalue weighted by Gasteiger charge is 2.18. The van der Waals surface area contributed by atoms with E-state index in [4.69, 9.17) is 4.42 Å². The molecule has 0 unspecified atom stereocenters. The Hall–Kier alpha value is -3.13. The fourth-order valence-electron chi connectivity index (χ4n) is 3.01. The Morgan fingerprint density at radius 2 is 1.85 bits per heavy atom. The van der Waals surface area contributed by atoms with Crippen LogP contribution < -0.4 is 10.3 Å². The van der Waals surface area contributed by atoms with Gasteiger partial charge in [0.2, 0.25) is 0 Å². The molecule has 0 aliphatic heterocycles. The highest BCUT2D eigenvalue weighted by atomic mass is 32.2. The van der Waals surface area contributed by atoms with Gasteiger partial charge in [0.05, 0.1) is 16.7 Å². The van der Waals surface area contributed by atoms with Crippen molar-refractivity contribution < 1.29 is 12.8 Å². The molecule has 2 aromatic carbocycles. The van der Waals surface area contributed by atoms with Crippen LogP contribution in [0.25, 0.3) is 22.0 Å². The second-order valence-electron chi connectivity index (χ2n) is 6.50. The number of benzene rings is 2. The van der Waals surface area contributed by atoms with Crippen molar-refractivity contribution in [2.45, 2.75) is 18.7 Å². The maximum atomic E-state index is 12.8. The zero-order valence-electron chi connectivity index (χ0n) is 15.0. The minimum absolute atomic E-state index is 0.0737. The third kappa shape index (κ3) is 2.87. The lowest BCUT2D eigenvalue weighted by atomic mass is 10.1. The molecule has 138 valence electrons. The van der Waals surface area contributed by atoms with Crippen LogP contribution in [0.15, 0.2) is 56.8 Å². The molecule has 7 nitrogen and oxygen atoms in total. The molecule has 4 aromatic rings. The van der Waals surface area contributed by atoms with Crippen LogP contribution in [0.3, 0.4) is 0 Å². The molecule has 8 heteroatoms. The molecule has 0 aliphatic carbocycles. The van der Waals surface area contributed by atoms with Gasteiger partial charge in [0, 0.05) is 18.1 Å². The molecule has 2 aromatic heterocycles. The SMILES string of the molecule is Cc1ccc(NS(=O)(=O)c2ccc3oc(=O)c4ncn(C)c4c3c2)cc1C. The van der Waals surface area contributed by atoms with E-state index < -0.39 is 15.6 Å². The summed E-state index contributed by atoms with van der Waals surface area (Å²) in [5, 5.41) is 0.507. The van der Waals surface area contributed by atoms with Crippen molar-refractivity contribution in [3.63, 3.8) is 0 Å². The molecule has 0 atom stereocenters. The van der Waals surface area contributed by atoms with Gasteiger partial charge in [0.1, 0.15) is 5.58 Å². The lowest BCUT2D eigenvalue weighted by molar-refractivity contribution is 0.567. The normalized spacial score (nSPS) is 12.0. The van der Waals surface area contributed by atoms with Crippen LogP contribution in [0, 0.1) is 13.8 Å². The summed E-state index contributed by atoms with van der Waals surface area (Å²) in [7, 11) is -2.07. The van der Waals surface area contributed by atoms with E-state index in [1.54, 1.807) is 23.7 Å². The first-order chi connectivity index (χ1) is 12.8. The number of rotatable bonds is 3. The molecule has 0 fully saturated rings. The molecule has 0 amide bonds. The largest absolute Gasteiger partial charge is 0.421 e. The first kappa shape index (κ1) is 17.3. The molecular formula is C19H17N3O4S. The number of anilines is 1. The average Bonchev–Trinajstić information content (AvgIpc) is 3.00. The Labute approximate surface area is 155 Å². The maximum absolute atomic E-state index is 12.8. The summed E-state index contributed by atoms with van der Waals surface area (Å²) in [6, 6.07) is 9.76. The topological polar surface area (TPSA) is 94.2 Å². The van der Waals surface area contributed by atoms with E-state index in [1.165, 1.54) is 24.5 Å². The lowest BCUT2D eigenvalue weighted by Gasteiger charge is -2.11. The summed E-state index contributed by atoms with van der Waals surface area (Å²) in [5.74, 6) is 0. The van der Waals surface area contributed by atoms with Gasteiger partial charge in [-0.3, -0.25) is 4.72 Å². The standard InChI is InChI=1S/C19H17N3O4S/c1-11-4-5-13(8-12(11)2)21-27(24,25)14-6-7-16-15(9-14)18-17(19(23)26-16)20-10-22(18)3/h4-10,21H,1-3H3. The third-order valence-corrected chi connectivity index (χ3v) is 5.99. The van der Waals surface area contributed by atoms with E-state index in [1.807, 2.05) is 19.9 Å². The predicted octanol–water partition coefficient (Wildman–Crippen LogP) is 3.10. The number of nitrogens with zero attached hydrogens (tertiary/aromatic N) is 2. The van der Waals surface area contributed by atoms with Crippen LogP contribution in [-0.4, -0.2) is 18.0 Å². The van der Waals surface area contributed by atoms with E-state index in [2.05, 4.69) is 9.71 Å². The summed E-state index contributed by atoms with van der Waals surface area (Å²) in [6.07, 6.45) is 1.50. The molecule has 27 heavy (non-hydrogen) atoms. The van der Waals surface area contributed by atoms with Crippen LogP contribution >= 0.6 is 0 Å². The zero-order valence-corrected chi connectivity index (χ0v) is 15.8. The number of sulfonamides is 1. The van der Waals surface area contributed by atoms with E-state index >= 15 is 0 Å². The average molecular weight is 383 g/mol. The number of aryl methyl sites for hydroxylation is 3. The van der Waals surface area contributed by atoms with Crippen LogP contribution in [0.1, 0.15) is 11.1 Å². The number of aromatic nitrogens is 2. The molecule has 0 bridgehead atoms. The molecule has 1 N–H and O–H groups in total. The number of fused-ring (bicyclic) bond motifs is 3. The van der Waals surface area contributed by atoms with E-state index in [0.717, 1.165) is 11.1 Å². The summed E-state index contributed by atoms with van der Waals surface area (Å²) in [4.78, 5) is 16.1. The summed E-state index contributed by atoms with van der Waals surface area (Å²) < 4.78 is 35.2. The van der Waals surface area contributed by atoms with Crippen LogP contribution in [0.5, 0.6) is 0 Å². The molecule has 2 heterocycles. The first-order valence-electron chi connectivity index (χ1n) is 8.24. The molecule has 0 saturated heterocycles. The maximum Gasteiger partial charge on any atom is 0.364 e. The van der Waals surface area contributed by atoms with Gasteiger partial charge in [-0.05, 0) is 55.3 Å². The highest BCUT2D eigenvalue weighted by Crippen LogP contribution is 2.26.